The van der Waals surface area contributed by atoms with Crippen LogP contribution < -0.4 is 4.90 Å². The lowest BCUT2D eigenvalue weighted by molar-refractivity contribution is 0.0926. The molecule has 0 aliphatic carbocycles. The smallest absolute Gasteiger partial charge is 0.268 e. The van der Waals surface area contributed by atoms with Crippen molar-refractivity contribution in [2.75, 3.05) is 4.90 Å². The minimum Gasteiger partial charge on any atom is -0.308 e. The van der Waals surface area contributed by atoms with Gasteiger partial charge in [0.15, 0.2) is 0 Å². The van der Waals surface area contributed by atoms with Crippen LogP contribution in [0.4, 0.5) is 5.69 Å². The second-order valence-electron chi connectivity index (χ2n) is 12.5. The number of nitrogens with zero attached hydrogens (tertiary/aromatic N) is 6. The SMILES string of the molecule is N#Cc1cncc(-c2ccc3c4ccc(-c5cncc(C#N)c5)cc4n(-c4cccc5c4C(=O)N(c4cccc(-c6ccccc6)c4)C5=O)c3c2)c1. The molecule has 1 aliphatic heterocycles. The Morgan fingerprint density at radius 2 is 1.08 bits per heavy atom. The van der Waals surface area contributed by atoms with E-state index in [0.717, 1.165) is 55.2 Å². The summed E-state index contributed by atoms with van der Waals surface area (Å²) < 4.78 is 2.02. The van der Waals surface area contributed by atoms with Gasteiger partial charge >= 0.3 is 0 Å². The van der Waals surface area contributed by atoms with Crippen LogP contribution in [0.3, 0.4) is 0 Å². The number of nitriles is 2. The van der Waals surface area contributed by atoms with Crippen molar-refractivity contribution in [3.8, 4) is 51.2 Å². The predicted octanol–water partition coefficient (Wildman–Crippen LogP) is 9.12. The number of pyridine rings is 2. The molecule has 0 unspecified atom stereocenters. The molecular formula is C44H24N6O2. The van der Waals surface area contributed by atoms with Gasteiger partial charge in [-0.1, -0.05) is 72.8 Å². The summed E-state index contributed by atoms with van der Waals surface area (Å²) in [5.74, 6) is -0.812. The van der Waals surface area contributed by atoms with Gasteiger partial charge in [0.2, 0.25) is 0 Å². The summed E-state index contributed by atoms with van der Waals surface area (Å²) in [7, 11) is 0. The van der Waals surface area contributed by atoms with Crippen molar-refractivity contribution in [1.82, 2.24) is 14.5 Å². The van der Waals surface area contributed by atoms with Gasteiger partial charge in [0.25, 0.3) is 11.8 Å². The maximum Gasteiger partial charge on any atom is 0.268 e. The van der Waals surface area contributed by atoms with Crippen molar-refractivity contribution in [2.24, 2.45) is 0 Å². The van der Waals surface area contributed by atoms with Gasteiger partial charge in [0.05, 0.1) is 44.7 Å². The Morgan fingerprint density at radius 1 is 0.500 bits per heavy atom. The van der Waals surface area contributed by atoms with Crippen LogP contribution in [-0.4, -0.2) is 26.3 Å². The van der Waals surface area contributed by atoms with Gasteiger partial charge in [0.1, 0.15) is 12.1 Å². The lowest BCUT2D eigenvalue weighted by Gasteiger charge is -2.16. The molecule has 8 heteroatoms. The highest BCUT2D eigenvalue weighted by Gasteiger charge is 2.39. The monoisotopic (exact) mass is 668 g/mol. The van der Waals surface area contributed by atoms with Gasteiger partial charge < -0.3 is 4.57 Å². The summed E-state index contributed by atoms with van der Waals surface area (Å²) in [5, 5.41) is 21.0. The summed E-state index contributed by atoms with van der Waals surface area (Å²) in [5.41, 5.74) is 9.21. The van der Waals surface area contributed by atoms with Crippen molar-refractivity contribution >= 4 is 39.3 Å². The van der Waals surface area contributed by atoms with Gasteiger partial charge in [-0.05, 0) is 70.8 Å². The number of benzene rings is 5. The molecule has 3 aromatic heterocycles. The van der Waals surface area contributed by atoms with Gasteiger partial charge in [0, 0.05) is 46.7 Å². The molecule has 242 valence electrons. The van der Waals surface area contributed by atoms with E-state index < -0.39 is 11.8 Å². The van der Waals surface area contributed by atoms with E-state index in [9.17, 15) is 20.1 Å². The first-order valence-electron chi connectivity index (χ1n) is 16.5. The zero-order valence-corrected chi connectivity index (χ0v) is 27.4. The second kappa shape index (κ2) is 12.0. The second-order valence-corrected chi connectivity index (χ2v) is 12.5. The summed E-state index contributed by atoms with van der Waals surface area (Å²) in [4.78, 5) is 38.5. The maximum absolute atomic E-state index is 14.6. The lowest BCUT2D eigenvalue weighted by atomic mass is 10.0. The molecule has 52 heavy (non-hydrogen) atoms. The highest BCUT2D eigenvalue weighted by Crippen LogP contribution is 2.40. The van der Waals surface area contributed by atoms with Crippen molar-refractivity contribution < 1.29 is 9.59 Å². The molecule has 0 fully saturated rings. The van der Waals surface area contributed by atoms with E-state index in [1.165, 1.54) is 17.3 Å². The number of fused-ring (bicyclic) bond motifs is 4. The zero-order chi connectivity index (χ0) is 35.3. The Morgan fingerprint density at radius 3 is 1.69 bits per heavy atom. The summed E-state index contributed by atoms with van der Waals surface area (Å²) in [6, 6.07) is 42.6. The molecule has 0 spiro atoms. The Hall–Kier alpha value is -7.68. The summed E-state index contributed by atoms with van der Waals surface area (Å²) >= 11 is 0. The number of hydrogen-bond donors (Lipinski definition) is 0. The van der Waals surface area contributed by atoms with E-state index in [1.54, 1.807) is 42.7 Å². The first-order valence-corrected chi connectivity index (χ1v) is 16.5. The van der Waals surface area contributed by atoms with Gasteiger partial charge in [-0.3, -0.25) is 19.6 Å². The molecule has 5 aromatic carbocycles. The molecule has 0 bridgehead atoms. The average molecular weight is 669 g/mol. The highest BCUT2D eigenvalue weighted by molar-refractivity contribution is 6.36. The minimum atomic E-state index is -0.417. The summed E-state index contributed by atoms with van der Waals surface area (Å²) in [6.45, 7) is 0. The van der Waals surface area contributed by atoms with E-state index in [-0.39, 0.29) is 0 Å². The van der Waals surface area contributed by atoms with Crippen LogP contribution in [0, 0.1) is 22.7 Å². The molecule has 4 heterocycles. The Bertz CT molecular complexity index is 2760. The zero-order valence-electron chi connectivity index (χ0n) is 27.4. The first kappa shape index (κ1) is 30.4. The van der Waals surface area contributed by atoms with E-state index in [1.807, 2.05) is 95.6 Å². The van der Waals surface area contributed by atoms with E-state index >= 15 is 0 Å². The molecule has 0 radical (unpaired) electrons. The third-order valence-corrected chi connectivity index (χ3v) is 9.51. The molecule has 9 rings (SSSR count). The molecule has 2 amide bonds. The van der Waals surface area contributed by atoms with Gasteiger partial charge in [-0.2, -0.15) is 10.5 Å². The lowest BCUT2D eigenvalue weighted by Crippen LogP contribution is -2.29. The number of aromatic nitrogens is 3. The summed E-state index contributed by atoms with van der Waals surface area (Å²) in [6.07, 6.45) is 6.47. The molecule has 0 saturated carbocycles. The van der Waals surface area contributed by atoms with Crippen molar-refractivity contribution in [3.05, 3.63) is 168 Å². The number of imide groups is 1. The van der Waals surface area contributed by atoms with E-state index in [0.29, 0.717) is 33.6 Å². The van der Waals surface area contributed by atoms with Crippen LogP contribution in [0.2, 0.25) is 0 Å². The molecule has 8 nitrogen and oxygen atoms in total. The van der Waals surface area contributed by atoms with E-state index in [2.05, 4.69) is 22.1 Å². The maximum atomic E-state index is 14.6. The number of amides is 2. The van der Waals surface area contributed by atoms with Crippen LogP contribution in [0.5, 0.6) is 0 Å². The van der Waals surface area contributed by atoms with Crippen LogP contribution in [0.25, 0.3) is 60.9 Å². The number of anilines is 1. The third kappa shape index (κ3) is 4.83. The van der Waals surface area contributed by atoms with Crippen molar-refractivity contribution in [2.45, 2.75) is 0 Å². The Kier molecular flexibility index (Phi) is 7.03. The topological polar surface area (TPSA) is 116 Å². The quantitative estimate of drug-likeness (QED) is 0.169. The predicted molar refractivity (Wildman–Crippen MR) is 200 cm³/mol. The molecular weight excluding hydrogens is 645 g/mol. The molecule has 0 N–H and O–H groups in total. The normalized spacial score (nSPS) is 12.2. The standard InChI is InChI=1S/C44H24N6O2/c45-21-27-16-33(25-47-23-27)31-12-14-36-37-15-13-32(34-17-28(22-46)24-48-26-34)20-41(37)50(40(36)19-31)39-11-5-10-38-42(39)44(52)49(43(38)51)35-9-4-8-30(18-35)29-6-2-1-3-7-29/h1-20,23-26H. The molecule has 1 aliphatic rings. The number of rotatable bonds is 5. The molecule has 8 aromatic rings. The van der Waals surface area contributed by atoms with Crippen LogP contribution >= 0.6 is 0 Å². The van der Waals surface area contributed by atoms with Gasteiger partial charge in [-0.15, -0.1) is 0 Å². The van der Waals surface area contributed by atoms with Crippen molar-refractivity contribution in [1.29, 1.82) is 10.5 Å². The fourth-order valence-electron chi connectivity index (χ4n) is 7.10. The van der Waals surface area contributed by atoms with Crippen LogP contribution in [-0.2, 0) is 0 Å². The van der Waals surface area contributed by atoms with Crippen LogP contribution in [0.1, 0.15) is 31.8 Å². The first-order chi connectivity index (χ1) is 25.5. The third-order valence-electron chi connectivity index (χ3n) is 9.51. The average Bonchev–Trinajstić information content (AvgIpc) is 3.67. The molecule has 0 atom stereocenters. The largest absolute Gasteiger partial charge is 0.308 e. The fraction of sp³-hybridized carbons (Fsp3) is 0. The Balaban J connectivity index is 1.27. The highest BCUT2D eigenvalue weighted by atomic mass is 16.2. The van der Waals surface area contributed by atoms with Gasteiger partial charge in [-0.25, -0.2) is 4.90 Å². The Labute approximate surface area is 297 Å². The fourth-order valence-corrected chi connectivity index (χ4v) is 7.10. The minimum absolute atomic E-state index is 0.300. The molecule has 0 saturated heterocycles. The number of carbonyl (C=O) groups is 2. The van der Waals surface area contributed by atoms with Crippen molar-refractivity contribution in [3.63, 3.8) is 0 Å². The van der Waals surface area contributed by atoms with Crippen LogP contribution in [0.15, 0.2) is 146 Å². The van der Waals surface area contributed by atoms with E-state index in [4.69, 9.17) is 0 Å². The number of carbonyl (C=O) groups excluding carboxylic acids is 2. The number of hydrogen-bond acceptors (Lipinski definition) is 6.